The molecule has 6 nitrogen and oxygen atoms in total. The Morgan fingerprint density at radius 1 is 1.22 bits per heavy atom. The summed E-state index contributed by atoms with van der Waals surface area (Å²) in [6, 6.07) is 8.78. The summed E-state index contributed by atoms with van der Waals surface area (Å²) in [5, 5.41) is 9.10. The van der Waals surface area contributed by atoms with Gasteiger partial charge in [0.1, 0.15) is 9.71 Å². The average molecular weight is 330 g/mol. The van der Waals surface area contributed by atoms with Crippen molar-refractivity contribution in [3.63, 3.8) is 0 Å². The molecular formula is C16H14N2O4S. The Bertz CT molecular complexity index is 1010. The van der Waals surface area contributed by atoms with Crippen LogP contribution < -0.4 is 11.2 Å². The molecule has 1 aromatic carbocycles. The normalized spacial score (nSPS) is 12.4. The van der Waals surface area contributed by atoms with Gasteiger partial charge in [0.2, 0.25) is 0 Å². The molecule has 1 atom stereocenters. The molecule has 0 radical (unpaired) electrons. The maximum Gasteiger partial charge on any atom is 0.347 e. The highest BCUT2D eigenvalue weighted by molar-refractivity contribution is 7.19. The molecule has 0 saturated carbocycles. The highest BCUT2D eigenvalue weighted by atomic mass is 32.1. The van der Waals surface area contributed by atoms with E-state index in [0.717, 1.165) is 21.5 Å². The van der Waals surface area contributed by atoms with Crippen LogP contribution in [0.4, 0.5) is 0 Å². The highest BCUT2D eigenvalue weighted by Gasteiger charge is 2.20. The summed E-state index contributed by atoms with van der Waals surface area (Å²) in [5.74, 6) is -1.12. The molecule has 0 bridgehead atoms. The molecule has 0 aliphatic heterocycles. The topological polar surface area (TPSA) is 80.8 Å². The van der Waals surface area contributed by atoms with Gasteiger partial charge in [-0.25, -0.2) is 9.59 Å². The number of thiazole rings is 1. The Hall–Kier alpha value is -2.67. The Labute approximate surface area is 134 Å². The first kappa shape index (κ1) is 15.2. The van der Waals surface area contributed by atoms with E-state index in [9.17, 15) is 14.4 Å². The van der Waals surface area contributed by atoms with Gasteiger partial charge in [0.25, 0.3) is 5.56 Å². The van der Waals surface area contributed by atoms with Gasteiger partial charge in [-0.15, -0.1) is 11.3 Å². The van der Waals surface area contributed by atoms with Crippen LogP contribution in [0.2, 0.25) is 0 Å². The molecule has 0 aliphatic carbocycles. The molecule has 1 unspecified atom stereocenters. The van der Waals surface area contributed by atoms with Crippen LogP contribution >= 0.6 is 11.3 Å². The number of hydrogen-bond acceptors (Lipinski definition) is 4. The van der Waals surface area contributed by atoms with E-state index in [0.29, 0.717) is 10.4 Å². The maximum absolute atomic E-state index is 12.7. The molecule has 0 spiro atoms. The van der Waals surface area contributed by atoms with Crippen LogP contribution in [0.15, 0.2) is 46.1 Å². The monoisotopic (exact) mass is 330 g/mol. The Morgan fingerprint density at radius 2 is 1.87 bits per heavy atom. The van der Waals surface area contributed by atoms with Crippen molar-refractivity contribution in [3.8, 4) is 0 Å². The molecule has 23 heavy (non-hydrogen) atoms. The fraction of sp³-hybridized carbons (Fsp3) is 0.188. The van der Waals surface area contributed by atoms with Crippen molar-refractivity contribution >= 4 is 22.1 Å². The zero-order valence-corrected chi connectivity index (χ0v) is 13.3. The smallest absolute Gasteiger partial charge is 0.347 e. The van der Waals surface area contributed by atoms with Crippen molar-refractivity contribution in [2.24, 2.45) is 0 Å². The van der Waals surface area contributed by atoms with E-state index in [2.05, 4.69) is 0 Å². The highest BCUT2D eigenvalue weighted by Crippen LogP contribution is 2.20. The van der Waals surface area contributed by atoms with Gasteiger partial charge >= 0.3 is 11.7 Å². The summed E-state index contributed by atoms with van der Waals surface area (Å²) >= 11 is 0.927. The van der Waals surface area contributed by atoms with Gasteiger partial charge in [-0.2, -0.15) is 0 Å². The number of hydrogen-bond donors (Lipinski definition) is 1. The van der Waals surface area contributed by atoms with Crippen molar-refractivity contribution < 1.29 is 9.90 Å². The van der Waals surface area contributed by atoms with E-state index in [-0.39, 0.29) is 4.88 Å². The number of fused-ring (bicyclic) bond motifs is 1. The number of aromatic carboxylic acids is 1. The fourth-order valence-corrected chi connectivity index (χ4v) is 3.47. The molecule has 0 fully saturated rings. The van der Waals surface area contributed by atoms with Crippen molar-refractivity contribution in [2.75, 3.05) is 0 Å². The second-order valence-electron chi connectivity index (χ2n) is 5.25. The van der Waals surface area contributed by atoms with Crippen LogP contribution in [0.25, 0.3) is 4.83 Å². The molecule has 3 aromatic rings. The summed E-state index contributed by atoms with van der Waals surface area (Å²) in [6.07, 6.45) is 1.27. The van der Waals surface area contributed by atoms with Crippen LogP contribution in [0.1, 0.15) is 33.8 Å². The SMILES string of the molecule is Cc1c(=O)n(C(C)c2ccccc2)c(=O)n2cc(C(=O)O)sc12. The van der Waals surface area contributed by atoms with Gasteiger partial charge in [-0.3, -0.25) is 13.8 Å². The van der Waals surface area contributed by atoms with E-state index in [1.165, 1.54) is 10.6 Å². The molecule has 0 amide bonds. The molecule has 0 saturated heterocycles. The lowest BCUT2D eigenvalue weighted by atomic mass is 10.1. The molecule has 3 rings (SSSR count). The third-order valence-electron chi connectivity index (χ3n) is 3.82. The first-order valence-corrected chi connectivity index (χ1v) is 7.79. The third-order valence-corrected chi connectivity index (χ3v) is 5.02. The first-order chi connectivity index (χ1) is 10.9. The summed E-state index contributed by atoms with van der Waals surface area (Å²) in [6.45, 7) is 3.38. The molecular weight excluding hydrogens is 316 g/mol. The van der Waals surface area contributed by atoms with Crippen molar-refractivity contribution in [1.82, 2.24) is 8.97 Å². The Balaban J connectivity index is 2.32. The largest absolute Gasteiger partial charge is 0.477 e. The molecule has 0 aliphatic rings. The Kier molecular flexibility index (Phi) is 3.65. The fourth-order valence-electron chi connectivity index (χ4n) is 2.55. The maximum atomic E-state index is 12.7. The van der Waals surface area contributed by atoms with E-state index >= 15 is 0 Å². The van der Waals surface area contributed by atoms with Crippen LogP contribution in [0.3, 0.4) is 0 Å². The van der Waals surface area contributed by atoms with E-state index in [1.807, 2.05) is 30.3 Å². The molecule has 2 heterocycles. The summed E-state index contributed by atoms with van der Waals surface area (Å²) in [7, 11) is 0. The van der Waals surface area contributed by atoms with Crippen molar-refractivity contribution in [2.45, 2.75) is 19.9 Å². The quantitative estimate of drug-likeness (QED) is 0.798. The second kappa shape index (κ2) is 5.51. The van der Waals surface area contributed by atoms with Crippen LogP contribution in [0, 0.1) is 6.92 Å². The van der Waals surface area contributed by atoms with E-state index < -0.39 is 23.3 Å². The number of aryl methyl sites for hydroxylation is 1. The van der Waals surface area contributed by atoms with Crippen molar-refractivity contribution in [1.29, 1.82) is 0 Å². The van der Waals surface area contributed by atoms with Crippen LogP contribution in [-0.2, 0) is 0 Å². The summed E-state index contributed by atoms with van der Waals surface area (Å²) in [4.78, 5) is 36.8. The first-order valence-electron chi connectivity index (χ1n) is 6.97. The summed E-state index contributed by atoms with van der Waals surface area (Å²) < 4.78 is 2.40. The summed E-state index contributed by atoms with van der Waals surface area (Å²) in [5.41, 5.74) is 0.269. The molecule has 2 aromatic heterocycles. The van der Waals surface area contributed by atoms with E-state index in [4.69, 9.17) is 5.11 Å². The number of rotatable bonds is 3. The number of carboxylic acids is 1. The average Bonchev–Trinajstić information content (AvgIpc) is 3.00. The minimum atomic E-state index is -1.12. The molecule has 118 valence electrons. The number of benzene rings is 1. The van der Waals surface area contributed by atoms with Crippen LogP contribution in [-0.4, -0.2) is 20.0 Å². The lowest BCUT2D eigenvalue weighted by Crippen LogP contribution is -2.40. The van der Waals surface area contributed by atoms with E-state index in [1.54, 1.807) is 13.8 Å². The minimum Gasteiger partial charge on any atom is -0.477 e. The van der Waals surface area contributed by atoms with Gasteiger partial charge in [0.15, 0.2) is 0 Å². The number of carbonyl (C=O) groups is 1. The third kappa shape index (κ3) is 2.39. The zero-order valence-electron chi connectivity index (χ0n) is 12.5. The second-order valence-corrected chi connectivity index (χ2v) is 6.28. The lowest BCUT2D eigenvalue weighted by Gasteiger charge is -2.15. The van der Waals surface area contributed by atoms with Gasteiger partial charge in [0.05, 0.1) is 6.04 Å². The predicted octanol–water partition coefficient (Wildman–Crippen LogP) is 2.14. The lowest BCUT2D eigenvalue weighted by molar-refractivity contribution is 0.0701. The van der Waals surface area contributed by atoms with Gasteiger partial charge in [0, 0.05) is 11.8 Å². The standard InChI is InChI=1S/C16H14N2O4S/c1-9-13(19)18(10(2)11-6-4-3-5-7-11)16(22)17-8-12(15(20)21)23-14(9)17/h3-8,10H,1-2H3,(H,20,21). The predicted molar refractivity (Wildman–Crippen MR) is 87.8 cm³/mol. The zero-order chi connectivity index (χ0) is 16.7. The van der Waals surface area contributed by atoms with Gasteiger partial charge < -0.3 is 5.11 Å². The molecule has 1 N–H and O–H groups in total. The van der Waals surface area contributed by atoms with Gasteiger partial charge in [-0.05, 0) is 19.4 Å². The number of aromatic nitrogens is 2. The minimum absolute atomic E-state index is 0.0229. The van der Waals surface area contributed by atoms with Gasteiger partial charge in [-0.1, -0.05) is 30.3 Å². The van der Waals surface area contributed by atoms with Crippen molar-refractivity contribution in [3.05, 3.63) is 73.4 Å². The Morgan fingerprint density at radius 3 is 2.48 bits per heavy atom. The molecule has 7 heteroatoms. The number of carboxylic acid groups (broad SMARTS) is 1. The van der Waals surface area contributed by atoms with Crippen LogP contribution in [0.5, 0.6) is 0 Å². The number of nitrogens with zero attached hydrogens (tertiary/aromatic N) is 2.